The molecule has 1 atom stereocenters. The van der Waals surface area contributed by atoms with E-state index in [4.69, 9.17) is 4.74 Å². The van der Waals surface area contributed by atoms with Gasteiger partial charge in [0.05, 0.1) is 11.4 Å². The minimum Gasteiger partial charge on any atom is -0.380 e. The molecule has 21 heavy (non-hydrogen) atoms. The molecule has 1 saturated carbocycles. The van der Waals surface area contributed by atoms with Crippen LogP contribution in [0.15, 0.2) is 0 Å². The molecule has 2 rings (SSSR count). The fourth-order valence-corrected chi connectivity index (χ4v) is 4.34. The lowest BCUT2D eigenvalue weighted by atomic mass is 9.95. The molecule has 1 unspecified atom stereocenters. The van der Waals surface area contributed by atoms with Gasteiger partial charge in [0.1, 0.15) is 9.84 Å². The monoisotopic (exact) mass is 318 g/mol. The zero-order chi connectivity index (χ0) is 15.5. The smallest absolute Gasteiger partial charge is 0.317 e. The van der Waals surface area contributed by atoms with Crippen molar-refractivity contribution in [2.45, 2.75) is 55.9 Å². The van der Waals surface area contributed by atoms with Crippen LogP contribution in [0.4, 0.5) is 4.79 Å². The summed E-state index contributed by atoms with van der Waals surface area (Å²) >= 11 is 0. The number of piperidine rings is 1. The summed E-state index contributed by atoms with van der Waals surface area (Å²) in [6.45, 7) is 1.41. The minimum atomic E-state index is -2.95. The first-order valence-electron chi connectivity index (χ1n) is 7.67. The van der Waals surface area contributed by atoms with Crippen LogP contribution in [0.2, 0.25) is 0 Å². The predicted octanol–water partition coefficient (Wildman–Crippen LogP) is 1.16. The van der Waals surface area contributed by atoms with Gasteiger partial charge in [0.15, 0.2) is 0 Å². The van der Waals surface area contributed by atoms with Gasteiger partial charge in [0, 0.05) is 32.5 Å². The van der Waals surface area contributed by atoms with Crippen molar-refractivity contribution >= 4 is 15.9 Å². The Balaban J connectivity index is 1.79. The van der Waals surface area contributed by atoms with Gasteiger partial charge in [-0.2, -0.15) is 0 Å². The van der Waals surface area contributed by atoms with Crippen molar-refractivity contribution in [3.63, 3.8) is 0 Å². The van der Waals surface area contributed by atoms with Crippen LogP contribution in [-0.2, 0) is 14.6 Å². The molecule has 0 spiro atoms. The summed E-state index contributed by atoms with van der Waals surface area (Å²) in [5.74, 6) is 0. The SMILES string of the molecule is COC1CCCN(C(=O)NC2CCC(S(C)(=O)=O)CC2)C1. The van der Waals surface area contributed by atoms with Gasteiger partial charge in [0.2, 0.25) is 0 Å². The van der Waals surface area contributed by atoms with E-state index in [1.165, 1.54) is 6.26 Å². The predicted molar refractivity (Wildman–Crippen MR) is 81.0 cm³/mol. The van der Waals surface area contributed by atoms with Crippen LogP contribution < -0.4 is 5.32 Å². The number of urea groups is 1. The highest BCUT2D eigenvalue weighted by Crippen LogP contribution is 2.24. The number of amides is 2. The molecule has 1 heterocycles. The van der Waals surface area contributed by atoms with Gasteiger partial charge in [-0.3, -0.25) is 0 Å². The summed E-state index contributed by atoms with van der Waals surface area (Å²) in [6.07, 6.45) is 6.16. The second-order valence-electron chi connectivity index (χ2n) is 6.20. The number of nitrogens with one attached hydrogen (secondary N) is 1. The van der Waals surface area contributed by atoms with Gasteiger partial charge in [-0.25, -0.2) is 13.2 Å². The average molecular weight is 318 g/mol. The van der Waals surface area contributed by atoms with Crippen LogP contribution in [0.1, 0.15) is 38.5 Å². The molecule has 0 bridgehead atoms. The number of carbonyl (C=O) groups is 1. The topological polar surface area (TPSA) is 75.7 Å². The third kappa shape index (κ3) is 4.57. The molecule has 1 aliphatic carbocycles. The Hall–Kier alpha value is -0.820. The van der Waals surface area contributed by atoms with E-state index >= 15 is 0 Å². The van der Waals surface area contributed by atoms with Gasteiger partial charge in [-0.15, -0.1) is 0 Å². The molecule has 0 radical (unpaired) electrons. The summed E-state index contributed by atoms with van der Waals surface area (Å²) in [7, 11) is -1.27. The van der Waals surface area contributed by atoms with Crippen LogP contribution >= 0.6 is 0 Å². The van der Waals surface area contributed by atoms with Gasteiger partial charge < -0.3 is 15.0 Å². The van der Waals surface area contributed by atoms with Crippen molar-refractivity contribution in [1.29, 1.82) is 0 Å². The maximum atomic E-state index is 12.2. The average Bonchev–Trinajstić information content (AvgIpc) is 2.47. The summed E-state index contributed by atoms with van der Waals surface area (Å²) in [5.41, 5.74) is 0. The molecule has 7 heteroatoms. The number of hydrogen-bond acceptors (Lipinski definition) is 4. The van der Waals surface area contributed by atoms with E-state index in [2.05, 4.69) is 5.32 Å². The maximum Gasteiger partial charge on any atom is 0.317 e. The second-order valence-corrected chi connectivity index (χ2v) is 8.52. The molecule has 0 aromatic carbocycles. The van der Waals surface area contributed by atoms with Crippen molar-refractivity contribution in [2.75, 3.05) is 26.5 Å². The van der Waals surface area contributed by atoms with E-state index in [1.807, 2.05) is 0 Å². The Kier molecular flexibility index (Phi) is 5.48. The Labute approximate surface area is 127 Å². The number of methoxy groups -OCH3 is 1. The zero-order valence-electron chi connectivity index (χ0n) is 12.9. The number of carbonyl (C=O) groups excluding carboxylic acids is 1. The van der Waals surface area contributed by atoms with Crippen molar-refractivity contribution in [2.24, 2.45) is 0 Å². The zero-order valence-corrected chi connectivity index (χ0v) is 13.7. The number of hydrogen-bond donors (Lipinski definition) is 1. The quantitative estimate of drug-likeness (QED) is 0.847. The summed E-state index contributed by atoms with van der Waals surface area (Å²) in [6, 6.07) is 0.0537. The lowest BCUT2D eigenvalue weighted by Gasteiger charge is -2.34. The second kappa shape index (κ2) is 6.96. The first kappa shape index (κ1) is 16.5. The molecule has 2 amide bonds. The lowest BCUT2D eigenvalue weighted by molar-refractivity contribution is 0.0427. The van der Waals surface area contributed by atoms with Crippen molar-refractivity contribution < 1.29 is 17.9 Å². The van der Waals surface area contributed by atoms with E-state index < -0.39 is 9.84 Å². The molecule has 1 saturated heterocycles. The van der Waals surface area contributed by atoms with Crippen molar-refractivity contribution in [1.82, 2.24) is 10.2 Å². The van der Waals surface area contributed by atoms with Crippen LogP contribution in [0.5, 0.6) is 0 Å². The number of likely N-dealkylation sites (tertiary alicyclic amines) is 1. The highest BCUT2D eigenvalue weighted by molar-refractivity contribution is 7.91. The summed E-state index contributed by atoms with van der Waals surface area (Å²) in [5, 5.41) is 2.80. The minimum absolute atomic E-state index is 0.0421. The Morgan fingerprint density at radius 2 is 1.86 bits per heavy atom. The highest BCUT2D eigenvalue weighted by Gasteiger charge is 2.30. The normalized spacial score (nSPS) is 31.0. The molecule has 2 fully saturated rings. The Morgan fingerprint density at radius 3 is 2.43 bits per heavy atom. The van der Waals surface area contributed by atoms with E-state index in [0.717, 1.165) is 32.2 Å². The molecule has 1 N–H and O–H groups in total. The van der Waals surface area contributed by atoms with Crippen LogP contribution in [0, 0.1) is 0 Å². The molecule has 0 aromatic rings. The van der Waals surface area contributed by atoms with Crippen LogP contribution in [0.3, 0.4) is 0 Å². The van der Waals surface area contributed by atoms with Crippen LogP contribution in [-0.4, -0.2) is 63.2 Å². The number of rotatable bonds is 3. The molecule has 6 nitrogen and oxygen atoms in total. The van der Waals surface area contributed by atoms with Crippen molar-refractivity contribution in [3.05, 3.63) is 0 Å². The highest BCUT2D eigenvalue weighted by atomic mass is 32.2. The van der Waals surface area contributed by atoms with Gasteiger partial charge in [-0.1, -0.05) is 0 Å². The van der Waals surface area contributed by atoms with Crippen molar-refractivity contribution in [3.8, 4) is 0 Å². The maximum absolute atomic E-state index is 12.2. The first-order valence-corrected chi connectivity index (χ1v) is 9.62. The largest absolute Gasteiger partial charge is 0.380 e. The van der Waals surface area contributed by atoms with Gasteiger partial charge in [0.25, 0.3) is 0 Å². The third-order valence-electron chi connectivity index (χ3n) is 4.61. The van der Waals surface area contributed by atoms with Crippen LogP contribution in [0.25, 0.3) is 0 Å². The molecular formula is C14H26N2O4S. The molecular weight excluding hydrogens is 292 g/mol. The number of nitrogens with zero attached hydrogens (tertiary/aromatic N) is 1. The van der Waals surface area contributed by atoms with Gasteiger partial charge in [-0.05, 0) is 38.5 Å². The summed E-state index contributed by atoms with van der Waals surface area (Å²) < 4.78 is 28.4. The molecule has 0 aromatic heterocycles. The Bertz CT molecular complexity index is 458. The van der Waals surface area contributed by atoms with Gasteiger partial charge >= 0.3 is 6.03 Å². The van der Waals surface area contributed by atoms with E-state index in [-0.39, 0.29) is 23.4 Å². The molecule has 2 aliphatic rings. The van der Waals surface area contributed by atoms with E-state index in [1.54, 1.807) is 12.0 Å². The van der Waals surface area contributed by atoms with E-state index in [9.17, 15) is 13.2 Å². The molecule has 1 aliphatic heterocycles. The molecule has 122 valence electrons. The number of sulfone groups is 1. The Morgan fingerprint density at radius 1 is 1.19 bits per heavy atom. The first-order chi connectivity index (χ1) is 9.90. The standard InChI is InChI=1S/C14H26N2O4S/c1-20-12-4-3-9-16(10-12)14(17)15-11-5-7-13(8-6-11)21(2,18)19/h11-13H,3-10H2,1-2H3,(H,15,17). The summed E-state index contributed by atoms with van der Waals surface area (Å²) in [4.78, 5) is 14.1. The third-order valence-corrected chi connectivity index (χ3v) is 6.29. The van der Waals surface area contributed by atoms with E-state index in [0.29, 0.717) is 19.4 Å². The lowest BCUT2D eigenvalue weighted by Crippen LogP contribution is -2.51. The fraction of sp³-hybridized carbons (Fsp3) is 0.929. The number of ether oxygens (including phenoxy) is 1. The fourth-order valence-electron chi connectivity index (χ4n) is 3.22.